The molecule has 3 amide bonds. The quantitative estimate of drug-likeness (QED) is 0.865. The number of nitrogens with zero attached hydrogens (tertiary/aromatic N) is 2. The van der Waals surface area contributed by atoms with Gasteiger partial charge in [-0.2, -0.15) is 0 Å². The zero-order valence-corrected chi connectivity index (χ0v) is 17.2. The van der Waals surface area contributed by atoms with Gasteiger partial charge in [-0.25, -0.2) is 0 Å². The van der Waals surface area contributed by atoms with Crippen molar-refractivity contribution in [1.29, 1.82) is 0 Å². The van der Waals surface area contributed by atoms with Crippen molar-refractivity contribution in [2.24, 2.45) is 5.41 Å². The summed E-state index contributed by atoms with van der Waals surface area (Å²) in [5.74, 6) is 0.0757. The molecule has 1 aromatic rings. The SMILES string of the molecule is CC(C)(C)C(=O)N1CCCC1C(=O)Nc1cccc(CN2CCCCC2=O)c1. The van der Waals surface area contributed by atoms with Gasteiger partial charge in [-0.15, -0.1) is 0 Å². The van der Waals surface area contributed by atoms with Crippen LogP contribution in [0.25, 0.3) is 0 Å². The Hall–Kier alpha value is -2.37. The molecule has 6 heteroatoms. The van der Waals surface area contributed by atoms with Gasteiger partial charge in [0.05, 0.1) is 0 Å². The molecule has 2 saturated heterocycles. The Morgan fingerprint density at radius 2 is 1.93 bits per heavy atom. The van der Waals surface area contributed by atoms with E-state index in [1.54, 1.807) is 4.90 Å². The fraction of sp³-hybridized carbons (Fsp3) is 0.591. The Labute approximate surface area is 167 Å². The van der Waals surface area contributed by atoms with E-state index in [-0.39, 0.29) is 17.7 Å². The van der Waals surface area contributed by atoms with Gasteiger partial charge in [0, 0.05) is 37.2 Å². The number of likely N-dealkylation sites (tertiary alicyclic amines) is 2. The fourth-order valence-electron chi connectivity index (χ4n) is 3.94. The topological polar surface area (TPSA) is 69.7 Å². The maximum Gasteiger partial charge on any atom is 0.247 e. The molecule has 0 radical (unpaired) electrons. The number of carbonyl (C=O) groups excluding carboxylic acids is 3. The van der Waals surface area contributed by atoms with Crippen molar-refractivity contribution in [2.75, 3.05) is 18.4 Å². The van der Waals surface area contributed by atoms with Gasteiger partial charge in [0.15, 0.2) is 0 Å². The second-order valence-electron chi connectivity index (χ2n) is 8.87. The van der Waals surface area contributed by atoms with Crippen molar-refractivity contribution in [3.8, 4) is 0 Å². The van der Waals surface area contributed by atoms with Gasteiger partial charge in [0.2, 0.25) is 17.7 Å². The molecule has 28 heavy (non-hydrogen) atoms. The van der Waals surface area contributed by atoms with E-state index in [0.717, 1.165) is 31.4 Å². The molecule has 2 aliphatic rings. The van der Waals surface area contributed by atoms with Gasteiger partial charge >= 0.3 is 0 Å². The molecule has 2 aliphatic heterocycles. The molecular formula is C22H31N3O3. The minimum absolute atomic E-state index is 0.0162. The largest absolute Gasteiger partial charge is 0.338 e. The van der Waals surface area contributed by atoms with Crippen molar-refractivity contribution >= 4 is 23.4 Å². The lowest BCUT2D eigenvalue weighted by Gasteiger charge is -2.30. The minimum Gasteiger partial charge on any atom is -0.338 e. The van der Waals surface area contributed by atoms with Crippen LogP contribution in [0.3, 0.4) is 0 Å². The first kappa shape index (κ1) is 20.4. The Morgan fingerprint density at radius 3 is 2.64 bits per heavy atom. The van der Waals surface area contributed by atoms with Gasteiger partial charge < -0.3 is 15.1 Å². The van der Waals surface area contributed by atoms with E-state index in [4.69, 9.17) is 0 Å². The number of piperidine rings is 1. The van der Waals surface area contributed by atoms with Crippen molar-refractivity contribution < 1.29 is 14.4 Å². The Kier molecular flexibility index (Phi) is 6.06. The van der Waals surface area contributed by atoms with Crippen LogP contribution in [0.2, 0.25) is 0 Å². The second kappa shape index (κ2) is 8.33. The van der Waals surface area contributed by atoms with Crippen LogP contribution in [0.5, 0.6) is 0 Å². The fourth-order valence-corrected chi connectivity index (χ4v) is 3.94. The summed E-state index contributed by atoms with van der Waals surface area (Å²) >= 11 is 0. The van der Waals surface area contributed by atoms with Crippen LogP contribution in [0.15, 0.2) is 24.3 Å². The number of nitrogens with one attached hydrogen (secondary N) is 1. The maximum absolute atomic E-state index is 12.8. The average molecular weight is 386 g/mol. The van der Waals surface area contributed by atoms with Gasteiger partial charge in [0.25, 0.3) is 0 Å². The standard InChI is InChI=1S/C22H31N3O3/c1-22(2,3)21(28)25-13-7-10-18(25)20(27)23-17-9-6-8-16(14-17)15-24-12-5-4-11-19(24)26/h6,8-9,14,18H,4-5,7,10-13,15H2,1-3H3,(H,23,27). The molecule has 0 bridgehead atoms. The number of amides is 3. The van der Waals surface area contributed by atoms with Crippen LogP contribution in [-0.4, -0.2) is 46.7 Å². The Bertz CT molecular complexity index is 754. The summed E-state index contributed by atoms with van der Waals surface area (Å²) in [5.41, 5.74) is 1.22. The molecule has 0 aromatic heterocycles. The highest BCUT2D eigenvalue weighted by Crippen LogP contribution is 2.26. The normalized spacial score (nSPS) is 20.4. The smallest absolute Gasteiger partial charge is 0.247 e. The van der Waals surface area contributed by atoms with Gasteiger partial charge in [-0.3, -0.25) is 14.4 Å². The molecule has 152 valence electrons. The lowest BCUT2D eigenvalue weighted by molar-refractivity contribution is -0.143. The van der Waals surface area contributed by atoms with E-state index in [9.17, 15) is 14.4 Å². The predicted octanol–water partition coefficient (Wildman–Crippen LogP) is 3.17. The molecule has 1 unspecified atom stereocenters. The third-order valence-electron chi connectivity index (χ3n) is 5.45. The first-order valence-corrected chi connectivity index (χ1v) is 10.2. The summed E-state index contributed by atoms with van der Waals surface area (Å²) in [6.07, 6.45) is 4.17. The lowest BCUT2D eigenvalue weighted by Crippen LogP contribution is -2.47. The first-order chi connectivity index (χ1) is 13.3. The van der Waals surface area contributed by atoms with Crippen LogP contribution in [0.4, 0.5) is 5.69 Å². The minimum atomic E-state index is -0.496. The summed E-state index contributed by atoms with van der Waals surface area (Å²) in [5, 5.41) is 2.97. The summed E-state index contributed by atoms with van der Waals surface area (Å²) in [6, 6.07) is 7.22. The summed E-state index contributed by atoms with van der Waals surface area (Å²) in [4.78, 5) is 41.1. The molecule has 2 heterocycles. The van der Waals surface area contributed by atoms with Crippen molar-refractivity contribution in [2.45, 2.75) is 65.5 Å². The van der Waals surface area contributed by atoms with Crippen molar-refractivity contribution in [1.82, 2.24) is 9.80 Å². The molecule has 1 atom stereocenters. The third-order valence-corrected chi connectivity index (χ3v) is 5.45. The second-order valence-corrected chi connectivity index (χ2v) is 8.87. The molecule has 3 rings (SSSR count). The van der Waals surface area contributed by atoms with E-state index in [1.807, 2.05) is 49.9 Å². The molecule has 0 saturated carbocycles. The Balaban J connectivity index is 1.65. The third kappa shape index (κ3) is 4.72. The van der Waals surface area contributed by atoms with Crippen LogP contribution < -0.4 is 5.32 Å². The van der Waals surface area contributed by atoms with Gasteiger partial charge in [-0.1, -0.05) is 32.9 Å². The van der Waals surface area contributed by atoms with Crippen molar-refractivity contribution in [3.63, 3.8) is 0 Å². The average Bonchev–Trinajstić information content (AvgIpc) is 3.12. The maximum atomic E-state index is 12.8. The molecule has 0 aliphatic carbocycles. The molecule has 6 nitrogen and oxygen atoms in total. The van der Waals surface area contributed by atoms with E-state index in [2.05, 4.69) is 5.32 Å². The Morgan fingerprint density at radius 1 is 1.14 bits per heavy atom. The van der Waals surface area contributed by atoms with Gasteiger partial charge in [0.1, 0.15) is 6.04 Å². The number of benzene rings is 1. The lowest BCUT2D eigenvalue weighted by atomic mass is 9.94. The van der Waals surface area contributed by atoms with Crippen LogP contribution in [-0.2, 0) is 20.9 Å². The summed E-state index contributed by atoms with van der Waals surface area (Å²) < 4.78 is 0. The monoisotopic (exact) mass is 385 g/mol. The number of carbonyl (C=O) groups is 3. The molecular weight excluding hydrogens is 354 g/mol. The predicted molar refractivity (Wildman–Crippen MR) is 109 cm³/mol. The highest BCUT2D eigenvalue weighted by Gasteiger charge is 2.38. The van der Waals surface area contributed by atoms with E-state index in [1.165, 1.54) is 0 Å². The number of anilines is 1. The number of rotatable bonds is 4. The first-order valence-electron chi connectivity index (χ1n) is 10.2. The van der Waals surface area contributed by atoms with Crippen LogP contribution in [0, 0.1) is 5.41 Å². The molecule has 2 fully saturated rings. The number of hydrogen-bond acceptors (Lipinski definition) is 3. The van der Waals surface area contributed by atoms with E-state index < -0.39 is 11.5 Å². The highest BCUT2D eigenvalue weighted by atomic mass is 16.2. The molecule has 1 N–H and O–H groups in total. The summed E-state index contributed by atoms with van der Waals surface area (Å²) in [6.45, 7) is 7.64. The molecule has 1 aromatic carbocycles. The van der Waals surface area contributed by atoms with Crippen LogP contribution >= 0.6 is 0 Å². The molecule has 0 spiro atoms. The zero-order chi connectivity index (χ0) is 20.3. The zero-order valence-electron chi connectivity index (χ0n) is 17.2. The van der Waals surface area contributed by atoms with Crippen LogP contribution in [0.1, 0.15) is 58.4 Å². The van der Waals surface area contributed by atoms with Crippen molar-refractivity contribution in [3.05, 3.63) is 29.8 Å². The summed E-state index contributed by atoms with van der Waals surface area (Å²) in [7, 11) is 0. The highest BCUT2D eigenvalue weighted by molar-refractivity contribution is 5.98. The van der Waals surface area contributed by atoms with Gasteiger partial charge in [-0.05, 0) is 43.4 Å². The number of hydrogen-bond donors (Lipinski definition) is 1. The van der Waals surface area contributed by atoms with E-state index in [0.29, 0.717) is 31.6 Å². The van der Waals surface area contributed by atoms with E-state index >= 15 is 0 Å².